The summed E-state index contributed by atoms with van der Waals surface area (Å²) < 4.78 is 27.7. The summed E-state index contributed by atoms with van der Waals surface area (Å²) in [6.45, 7) is 3.25. The first-order chi connectivity index (χ1) is 10.9. The number of carbonyl (C=O) groups is 1. The first-order valence-electron chi connectivity index (χ1n) is 7.33. The number of carbonyl (C=O) groups excluding carboxylic acids is 1. The normalized spacial score (nSPS) is 14.5. The number of hydrogen-bond acceptors (Lipinski definition) is 4. The lowest BCUT2D eigenvalue weighted by Gasteiger charge is -2.12. The van der Waals surface area contributed by atoms with Crippen LogP contribution in [0.4, 0.5) is 5.69 Å². The van der Waals surface area contributed by atoms with Crippen LogP contribution in [0.3, 0.4) is 0 Å². The van der Waals surface area contributed by atoms with Crippen molar-refractivity contribution in [3.05, 3.63) is 41.2 Å². The van der Waals surface area contributed by atoms with Gasteiger partial charge in [-0.3, -0.25) is 14.6 Å². The quantitative estimate of drug-likeness (QED) is 0.774. The molecule has 3 N–H and O–H groups in total. The Morgan fingerprint density at radius 2 is 1.96 bits per heavy atom. The van der Waals surface area contributed by atoms with Crippen molar-refractivity contribution >= 4 is 21.6 Å². The number of anilines is 1. The number of benzene rings is 1. The standard InChI is InChI=1S/C15H18N4O3S/c1-9-14(10(2)18-17-9)23(21,22)19-13-6-4-3-5-12(13)15(20)16-11-7-8-11/h3-6,11,19H,7-8H2,1-2H3,(H,16,20)(H,17,18). The van der Waals surface area contributed by atoms with Crippen molar-refractivity contribution in [1.29, 1.82) is 0 Å². The molecule has 1 amide bonds. The Labute approximate surface area is 134 Å². The number of aromatic amines is 1. The maximum absolute atomic E-state index is 12.6. The third-order valence-corrected chi connectivity index (χ3v) is 5.29. The van der Waals surface area contributed by atoms with E-state index < -0.39 is 10.0 Å². The van der Waals surface area contributed by atoms with Gasteiger partial charge in [0, 0.05) is 6.04 Å². The predicted octanol–water partition coefficient (Wildman–Crippen LogP) is 1.72. The summed E-state index contributed by atoms with van der Waals surface area (Å²) in [4.78, 5) is 12.4. The van der Waals surface area contributed by atoms with E-state index in [4.69, 9.17) is 0 Å². The maximum Gasteiger partial charge on any atom is 0.265 e. The number of amides is 1. The molecular formula is C15H18N4O3S. The first-order valence-corrected chi connectivity index (χ1v) is 8.81. The molecule has 1 heterocycles. The minimum atomic E-state index is -3.82. The van der Waals surface area contributed by atoms with E-state index in [0.717, 1.165) is 12.8 Å². The molecule has 1 saturated carbocycles. The van der Waals surface area contributed by atoms with Crippen LogP contribution in [0, 0.1) is 13.8 Å². The summed E-state index contributed by atoms with van der Waals surface area (Å²) in [6, 6.07) is 6.76. The third-order valence-electron chi connectivity index (χ3n) is 3.66. The molecule has 1 aliphatic rings. The predicted molar refractivity (Wildman–Crippen MR) is 85.8 cm³/mol. The molecule has 0 unspecified atom stereocenters. The summed E-state index contributed by atoms with van der Waals surface area (Å²) >= 11 is 0. The van der Waals surface area contributed by atoms with Crippen LogP contribution < -0.4 is 10.0 Å². The van der Waals surface area contributed by atoms with E-state index >= 15 is 0 Å². The monoisotopic (exact) mass is 334 g/mol. The van der Waals surface area contributed by atoms with Gasteiger partial charge in [0.25, 0.3) is 15.9 Å². The zero-order valence-electron chi connectivity index (χ0n) is 12.9. The second kappa shape index (κ2) is 5.69. The average Bonchev–Trinajstić information content (AvgIpc) is 3.22. The van der Waals surface area contributed by atoms with Crippen LogP contribution in [-0.2, 0) is 10.0 Å². The molecule has 1 aromatic carbocycles. The van der Waals surface area contributed by atoms with Crippen LogP contribution in [0.2, 0.25) is 0 Å². The summed E-state index contributed by atoms with van der Waals surface area (Å²) in [5.41, 5.74) is 1.40. The Morgan fingerprint density at radius 3 is 2.57 bits per heavy atom. The van der Waals surface area contributed by atoms with Crippen molar-refractivity contribution in [2.45, 2.75) is 37.6 Å². The van der Waals surface area contributed by atoms with Crippen LogP contribution in [0.5, 0.6) is 0 Å². The lowest BCUT2D eigenvalue weighted by molar-refractivity contribution is 0.0952. The van der Waals surface area contributed by atoms with Crippen molar-refractivity contribution in [2.75, 3.05) is 4.72 Å². The number of aryl methyl sites for hydroxylation is 2. The molecule has 3 rings (SSSR count). The van der Waals surface area contributed by atoms with Gasteiger partial charge in [-0.2, -0.15) is 5.10 Å². The largest absolute Gasteiger partial charge is 0.349 e. The summed E-state index contributed by atoms with van der Waals surface area (Å²) in [5.74, 6) is -0.272. The van der Waals surface area contributed by atoms with Gasteiger partial charge in [0.2, 0.25) is 0 Å². The number of para-hydroxylation sites is 1. The Balaban J connectivity index is 1.92. The van der Waals surface area contributed by atoms with Crippen LogP contribution in [0.15, 0.2) is 29.2 Å². The first kappa shape index (κ1) is 15.5. The van der Waals surface area contributed by atoms with Crippen LogP contribution in [-0.4, -0.2) is 30.6 Å². The molecule has 8 heteroatoms. The fourth-order valence-corrected chi connectivity index (χ4v) is 3.85. The van der Waals surface area contributed by atoms with Gasteiger partial charge in [-0.25, -0.2) is 8.42 Å². The number of sulfonamides is 1. The highest BCUT2D eigenvalue weighted by molar-refractivity contribution is 7.92. The van der Waals surface area contributed by atoms with E-state index in [1.54, 1.807) is 38.1 Å². The Morgan fingerprint density at radius 1 is 1.26 bits per heavy atom. The molecule has 2 aromatic rings. The zero-order valence-corrected chi connectivity index (χ0v) is 13.7. The lowest BCUT2D eigenvalue weighted by Crippen LogP contribution is -2.27. The molecular weight excluding hydrogens is 316 g/mol. The summed E-state index contributed by atoms with van der Waals surface area (Å²) in [6.07, 6.45) is 1.93. The SMILES string of the molecule is Cc1n[nH]c(C)c1S(=O)(=O)Nc1ccccc1C(=O)NC1CC1. The molecule has 23 heavy (non-hydrogen) atoms. The second-order valence-corrected chi connectivity index (χ2v) is 7.28. The van der Waals surface area contributed by atoms with Crippen molar-refractivity contribution < 1.29 is 13.2 Å². The molecule has 0 spiro atoms. The molecule has 0 atom stereocenters. The van der Waals surface area contributed by atoms with Crippen molar-refractivity contribution in [3.8, 4) is 0 Å². The topological polar surface area (TPSA) is 104 Å². The van der Waals surface area contributed by atoms with Gasteiger partial charge in [-0.05, 0) is 38.8 Å². The van der Waals surface area contributed by atoms with E-state index in [9.17, 15) is 13.2 Å². The van der Waals surface area contributed by atoms with E-state index in [1.807, 2.05) is 0 Å². The molecule has 1 aliphatic carbocycles. The van der Waals surface area contributed by atoms with Gasteiger partial charge in [-0.1, -0.05) is 12.1 Å². The van der Waals surface area contributed by atoms with Gasteiger partial charge in [-0.15, -0.1) is 0 Å². The molecule has 0 bridgehead atoms. The minimum absolute atomic E-state index is 0.106. The van der Waals surface area contributed by atoms with Crippen molar-refractivity contribution in [2.24, 2.45) is 0 Å². The lowest BCUT2D eigenvalue weighted by atomic mass is 10.1. The molecule has 7 nitrogen and oxygen atoms in total. The van der Waals surface area contributed by atoms with Crippen LogP contribution in [0.1, 0.15) is 34.6 Å². The molecule has 0 radical (unpaired) electrons. The number of nitrogens with one attached hydrogen (secondary N) is 3. The molecule has 122 valence electrons. The zero-order chi connectivity index (χ0) is 16.6. The Bertz CT molecular complexity index is 834. The maximum atomic E-state index is 12.6. The summed E-state index contributed by atoms with van der Waals surface area (Å²) in [7, 11) is -3.82. The Hall–Kier alpha value is -2.35. The van der Waals surface area contributed by atoms with E-state index in [-0.39, 0.29) is 22.5 Å². The minimum Gasteiger partial charge on any atom is -0.349 e. The molecule has 1 aromatic heterocycles. The highest BCUT2D eigenvalue weighted by Crippen LogP contribution is 2.25. The fourth-order valence-electron chi connectivity index (χ4n) is 2.39. The van der Waals surface area contributed by atoms with Crippen LogP contribution in [0.25, 0.3) is 0 Å². The van der Waals surface area contributed by atoms with E-state index in [2.05, 4.69) is 20.2 Å². The number of aromatic nitrogens is 2. The second-order valence-electron chi connectivity index (χ2n) is 5.66. The van der Waals surface area contributed by atoms with E-state index in [1.165, 1.54) is 0 Å². The number of H-pyrrole nitrogens is 1. The Kier molecular flexibility index (Phi) is 3.85. The van der Waals surface area contributed by atoms with Gasteiger partial charge in [0.1, 0.15) is 4.90 Å². The highest BCUT2D eigenvalue weighted by Gasteiger charge is 2.27. The molecule has 1 fully saturated rings. The third kappa shape index (κ3) is 3.21. The fraction of sp³-hybridized carbons (Fsp3) is 0.333. The number of hydrogen-bond donors (Lipinski definition) is 3. The van der Waals surface area contributed by atoms with Gasteiger partial charge < -0.3 is 5.32 Å². The van der Waals surface area contributed by atoms with Gasteiger partial charge >= 0.3 is 0 Å². The smallest absolute Gasteiger partial charge is 0.265 e. The molecule has 0 saturated heterocycles. The average molecular weight is 334 g/mol. The highest BCUT2D eigenvalue weighted by atomic mass is 32.2. The summed E-state index contributed by atoms with van der Waals surface area (Å²) in [5, 5.41) is 9.42. The van der Waals surface area contributed by atoms with Gasteiger partial charge in [0.05, 0.1) is 22.6 Å². The van der Waals surface area contributed by atoms with Crippen molar-refractivity contribution in [3.63, 3.8) is 0 Å². The number of nitrogens with zero attached hydrogens (tertiary/aromatic N) is 1. The van der Waals surface area contributed by atoms with Crippen molar-refractivity contribution in [1.82, 2.24) is 15.5 Å². The molecule has 0 aliphatic heterocycles. The number of rotatable bonds is 5. The van der Waals surface area contributed by atoms with Gasteiger partial charge in [0.15, 0.2) is 0 Å². The van der Waals surface area contributed by atoms with Crippen LogP contribution >= 0.6 is 0 Å². The van der Waals surface area contributed by atoms with E-state index in [0.29, 0.717) is 17.0 Å².